The fraction of sp³-hybridized carbons (Fsp3) is 0.222. The van der Waals surface area contributed by atoms with Crippen LogP contribution in [0.25, 0.3) is 16.6 Å². The number of aryl methyl sites for hydroxylation is 1. The Morgan fingerprint density at radius 1 is 1.13 bits per heavy atom. The zero-order chi connectivity index (χ0) is 17.0. The number of hydrogen-bond donors (Lipinski definition) is 0. The van der Waals surface area contributed by atoms with Crippen molar-refractivity contribution in [1.29, 1.82) is 0 Å². The van der Waals surface area contributed by atoms with Gasteiger partial charge in [0.2, 0.25) is 5.28 Å². The second-order valence-corrected chi connectivity index (χ2v) is 5.05. The molecule has 3 aromatic rings. The number of benzene rings is 2. The van der Waals surface area contributed by atoms with Gasteiger partial charge in [0, 0.05) is 0 Å². The van der Waals surface area contributed by atoms with Crippen LogP contribution in [0.5, 0.6) is 5.75 Å². The van der Waals surface area contributed by atoms with Crippen LogP contribution in [0.3, 0.4) is 0 Å². The summed E-state index contributed by atoms with van der Waals surface area (Å²) in [6.45, 7) is 5.93. The molecule has 2 aromatic carbocycles. The zero-order valence-electron chi connectivity index (χ0n) is 13.6. The molecule has 23 heavy (non-hydrogen) atoms. The molecule has 0 amide bonds. The Morgan fingerprint density at radius 2 is 1.83 bits per heavy atom. The number of ether oxygens (including phenoxy) is 1. The zero-order valence-corrected chi connectivity index (χ0v) is 14.4. The summed E-state index contributed by atoms with van der Waals surface area (Å²) >= 11 is 6.21. The van der Waals surface area contributed by atoms with Crippen molar-refractivity contribution in [3.63, 3.8) is 0 Å². The summed E-state index contributed by atoms with van der Waals surface area (Å²) in [5.41, 5.74) is 1.95. The van der Waals surface area contributed by atoms with Crippen molar-refractivity contribution in [1.82, 2.24) is 9.55 Å². The van der Waals surface area contributed by atoms with Crippen molar-refractivity contribution in [3.8, 4) is 11.4 Å². The Morgan fingerprint density at radius 3 is 2.52 bits per heavy atom. The SMILES string of the molecule is CC.COc1ccccc1-n1c(Cl)nc2ccc(C)cc2c1=O. The highest BCUT2D eigenvalue weighted by molar-refractivity contribution is 6.29. The third-order valence-electron chi connectivity index (χ3n) is 3.31. The smallest absolute Gasteiger partial charge is 0.267 e. The third-order valence-corrected chi connectivity index (χ3v) is 3.56. The normalized spacial score (nSPS) is 10.1. The van der Waals surface area contributed by atoms with Crippen LogP contribution < -0.4 is 10.3 Å². The van der Waals surface area contributed by atoms with E-state index in [1.807, 2.05) is 45.0 Å². The molecule has 0 unspecified atom stereocenters. The maximum atomic E-state index is 12.8. The van der Waals surface area contributed by atoms with E-state index in [0.717, 1.165) is 5.56 Å². The number of aromatic nitrogens is 2. The summed E-state index contributed by atoms with van der Waals surface area (Å²) in [6.07, 6.45) is 0. The first kappa shape index (κ1) is 17.0. The van der Waals surface area contributed by atoms with Gasteiger partial charge in [-0.1, -0.05) is 37.6 Å². The second kappa shape index (κ2) is 7.29. The molecule has 0 saturated heterocycles. The number of rotatable bonds is 2. The monoisotopic (exact) mass is 330 g/mol. The van der Waals surface area contributed by atoms with Crippen molar-refractivity contribution in [2.45, 2.75) is 20.8 Å². The number of para-hydroxylation sites is 2. The number of nitrogens with zero attached hydrogens (tertiary/aromatic N) is 2. The molecule has 0 radical (unpaired) electrons. The van der Waals surface area contributed by atoms with Gasteiger partial charge in [-0.3, -0.25) is 4.79 Å². The average molecular weight is 331 g/mol. The van der Waals surface area contributed by atoms with E-state index in [2.05, 4.69) is 4.98 Å². The van der Waals surface area contributed by atoms with Crippen LogP contribution in [-0.4, -0.2) is 16.7 Å². The maximum absolute atomic E-state index is 12.8. The molecule has 120 valence electrons. The van der Waals surface area contributed by atoms with Gasteiger partial charge in [-0.15, -0.1) is 0 Å². The summed E-state index contributed by atoms with van der Waals surface area (Å²) in [4.78, 5) is 17.1. The molecule has 4 nitrogen and oxygen atoms in total. The Labute approximate surface area is 140 Å². The van der Waals surface area contributed by atoms with E-state index >= 15 is 0 Å². The van der Waals surface area contributed by atoms with Crippen LogP contribution in [0.4, 0.5) is 0 Å². The third kappa shape index (κ3) is 3.22. The van der Waals surface area contributed by atoms with Gasteiger partial charge >= 0.3 is 0 Å². The van der Waals surface area contributed by atoms with Crippen LogP contribution in [-0.2, 0) is 0 Å². The molecule has 0 spiro atoms. The van der Waals surface area contributed by atoms with E-state index in [0.29, 0.717) is 22.3 Å². The lowest BCUT2D eigenvalue weighted by Crippen LogP contribution is -2.21. The minimum Gasteiger partial charge on any atom is -0.495 e. The van der Waals surface area contributed by atoms with Gasteiger partial charge in [-0.25, -0.2) is 9.55 Å². The molecule has 1 aromatic heterocycles. The summed E-state index contributed by atoms with van der Waals surface area (Å²) < 4.78 is 6.66. The molecule has 0 fully saturated rings. The van der Waals surface area contributed by atoms with Crippen LogP contribution in [0, 0.1) is 6.92 Å². The molecule has 5 heteroatoms. The minimum atomic E-state index is -0.210. The van der Waals surface area contributed by atoms with E-state index in [1.54, 1.807) is 25.3 Å². The van der Waals surface area contributed by atoms with Gasteiger partial charge < -0.3 is 4.74 Å². The Balaban J connectivity index is 0.000000924. The molecule has 0 aliphatic rings. The van der Waals surface area contributed by atoms with Crippen LogP contribution >= 0.6 is 11.6 Å². The molecule has 0 bridgehead atoms. The average Bonchev–Trinajstić information content (AvgIpc) is 2.58. The molecule has 0 aliphatic carbocycles. The lowest BCUT2D eigenvalue weighted by molar-refractivity contribution is 0.412. The van der Waals surface area contributed by atoms with Crippen molar-refractivity contribution < 1.29 is 4.74 Å². The molecule has 0 atom stereocenters. The number of hydrogen-bond acceptors (Lipinski definition) is 3. The van der Waals surface area contributed by atoms with Crippen molar-refractivity contribution in [2.24, 2.45) is 0 Å². The highest BCUT2D eigenvalue weighted by atomic mass is 35.5. The first-order chi connectivity index (χ1) is 11.1. The number of fused-ring (bicyclic) bond motifs is 1. The highest BCUT2D eigenvalue weighted by Gasteiger charge is 2.14. The predicted octanol–water partition coefficient (Wildman–Crippen LogP) is 4.38. The van der Waals surface area contributed by atoms with Crippen molar-refractivity contribution in [3.05, 3.63) is 63.7 Å². The summed E-state index contributed by atoms with van der Waals surface area (Å²) in [7, 11) is 1.55. The number of methoxy groups -OCH3 is 1. The van der Waals surface area contributed by atoms with E-state index in [9.17, 15) is 4.79 Å². The van der Waals surface area contributed by atoms with Gasteiger partial charge in [0.1, 0.15) is 5.75 Å². The highest BCUT2D eigenvalue weighted by Crippen LogP contribution is 2.24. The van der Waals surface area contributed by atoms with Gasteiger partial charge in [0.25, 0.3) is 5.56 Å². The van der Waals surface area contributed by atoms with E-state index in [-0.39, 0.29) is 10.8 Å². The first-order valence-corrected chi connectivity index (χ1v) is 7.82. The Hall–Kier alpha value is -2.33. The molecule has 0 N–H and O–H groups in total. The van der Waals surface area contributed by atoms with E-state index in [4.69, 9.17) is 16.3 Å². The van der Waals surface area contributed by atoms with Crippen molar-refractivity contribution in [2.75, 3.05) is 7.11 Å². The van der Waals surface area contributed by atoms with Crippen LogP contribution in [0.15, 0.2) is 47.3 Å². The predicted molar refractivity (Wildman–Crippen MR) is 95.0 cm³/mol. The fourth-order valence-corrected chi connectivity index (χ4v) is 2.55. The van der Waals surface area contributed by atoms with E-state index in [1.165, 1.54) is 4.57 Å². The summed E-state index contributed by atoms with van der Waals surface area (Å²) in [5.74, 6) is 0.565. The molecule has 0 saturated carbocycles. The quantitative estimate of drug-likeness (QED) is 0.655. The summed E-state index contributed by atoms with van der Waals surface area (Å²) in [5, 5.41) is 0.645. The fourth-order valence-electron chi connectivity index (χ4n) is 2.30. The van der Waals surface area contributed by atoms with Gasteiger partial charge in [0.15, 0.2) is 0 Å². The Kier molecular flexibility index (Phi) is 5.40. The summed E-state index contributed by atoms with van der Waals surface area (Å²) in [6, 6.07) is 12.7. The number of halogens is 1. The standard InChI is InChI=1S/C16H13ClN2O2.C2H6/c1-10-7-8-12-11(9-10)15(20)19(16(17)18-12)13-5-3-4-6-14(13)21-2;1-2/h3-9H,1-2H3;1-2H3. The maximum Gasteiger partial charge on any atom is 0.267 e. The molecule has 1 heterocycles. The van der Waals surface area contributed by atoms with Crippen LogP contribution in [0.1, 0.15) is 19.4 Å². The van der Waals surface area contributed by atoms with Gasteiger partial charge in [0.05, 0.1) is 23.7 Å². The molecular weight excluding hydrogens is 312 g/mol. The Bertz CT molecular complexity index is 888. The molecule has 3 rings (SSSR count). The topological polar surface area (TPSA) is 44.1 Å². The van der Waals surface area contributed by atoms with Gasteiger partial charge in [-0.05, 0) is 42.8 Å². The minimum absolute atomic E-state index is 0.112. The van der Waals surface area contributed by atoms with E-state index < -0.39 is 0 Å². The molecule has 0 aliphatic heterocycles. The second-order valence-electron chi connectivity index (χ2n) is 4.71. The lowest BCUT2D eigenvalue weighted by Gasteiger charge is -2.13. The first-order valence-electron chi connectivity index (χ1n) is 7.44. The lowest BCUT2D eigenvalue weighted by atomic mass is 10.1. The molecular formula is C18H19ClN2O2. The van der Waals surface area contributed by atoms with Crippen molar-refractivity contribution >= 4 is 22.5 Å². The van der Waals surface area contributed by atoms with Gasteiger partial charge in [-0.2, -0.15) is 0 Å². The van der Waals surface area contributed by atoms with Crippen LogP contribution in [0.2, 0.25) is 5.28 Å². The largest absolute Gasteiger partial charge is 0.495 e.